The first kappa shape index (κ1) is 15.5. The van der Waals surface area contributed by atoms with Crippen molar-refractivity contribution in [1.82, 2.24) is 4.90 Å². The van der Waals surface area contributed by atoms with Crippen LogP contribution in [0.2, 0.25) is 0 Å². The molecule has 21 heavy (non-hydrogen) atoms. The van der Waals surface area contributed by atoms with Crippen LogP contribution in [0.25, 0.3) is 0 Å². The molecule has 1 aromatic rings. The number of ether oxygens (including phenoxy) is 1. The van der Waals surface area contributed by atoms with Crippen molar-refractivity contribution < 1.29 is 19.4 Å². The van der Waals surface area contributed by atoms with Gasteiger partial charge >= 0.3 is 5.97 Å². The fraction of sp³-hybridized carbons (Fsp3) is 0.467. The third-order valence-electron chi connectivity index (χ3n) is 3.65. The number of carbonyl (C=O) groups excluding carboxylic acids is 1. The average Bonchev–Trinajstić information content (AvgIpc) is 2.95. The second-order valence-corrected chi connectivity index (χ2v) is 5.03. The summed E-state index contributed by atoms with van der Waals surface area (Å²) in [5.41, 5.74) is 0.732. The summed E-state index contributed by atoms with van der Waals surface area (Å²) in [4.78, 5) is 25.1. The highest BCUT2D eigenvalue weighted by atomic mass is 16.5. The van der Waals surface area contributed by atoms with Crippen LogP contribution in [0.3, 0.4) is 0 Å². The number of anilines is 1. The predicted molar refractivity (Wildman–Crippen MR) is 78.1 cm³/mol. The molecule has 1 aliphatic heterocycles. The van der Waals surface area contributed by atoms with Gasteiger partial charge in [-0.25, -0.2) is 0 Å². The molecule has 1 aliphatic rings. The number of carbonyl (C=O) groups is 2. The van der Waals surface area contributed by atoms with Crippen LogP contribution >= 0.6 is 0 Å². The van der Waals surface area contributed by atoms with Crippen LogP contribution in [0.1, 0.15) is 6.92 Å². The van der Waals surface area contributed by atoms with Crippen molar-refractivity contribution in [3.8, 4) is 0 Å². The molecule has 1 amide bonds. The normalized spacial score (nSPS) is 21.4. The summed E-state index contributed by atoms with van der Waals surface area (Å²) in [7, 11) is 0. The molecule has 2 rings (SSSR count). The monoisotopic (exact) mass is 292 g/mol. The van der Waals surface area contributed by atoms with Crippen LogP contribution in [0.5, 0.6) is 0 Å². The fourth-order valence-corrected chi connectivity index (χ4v) is 2.51. The van der Waals surface area contributed by atoms with Gasteiger partial charge in [-0.15, -0.1) is 0 Å². The lowest BCUT2D eigenvalue weighted by Gasteiger charge is -2.28. The second-order valence-electron chi connectivity index (χ2n) is 5.03. The lowest BCUT2D eigenvalue weighted by molar-refractivity contribution is -0.143. The summed E-state index contributed by atoms with van der Waals surface area (Å²) >= 11 is 0. The van der Waals surface area contributed by atoms with Gasteiger partial charge in [0.25, 0.3) is 0 Å². The number of nitrogens with zero attached hydrogens (tertiary/aromatic N) is 1. The topological polar surface area (TPSA) is 78.9 Å². The van der Waals surface area contributed by atoms with Gasteiger partial charge in [-0.05, 0) is 18.7 Å². The van der Waals surface area contributed by atoms with Gasteiger partial charge < -0.3 is 15.2 Å². The van der Waals surface area contributed by atoms with Gasteiger partial charge in [-0.1, -0.05) is 25.1 Å². The fourth-order valence-electron chi connectivity index (χ4n) is 2.51. The van der Waals surface area contributed by atoms with Crippen molar-refractivity contribution in [1.29, 1.82) is 0 Å². The SMILES string of the molecule is CCN(CC(=O)Nc1ccccc1)C1COCC1C(=O)O. The number of hydrogen-bond donors (Lipinski definition) is 2. The maximum Gasteiger partial charge on any atom is 0.310 e. The summed E-state index contributed by atoms with van der Waals surface area (Å²) in [6.45, 7) is 3.22. The Balaban J connectivity index is 1.95. The van der Waals surface area contributed by atoms with E-state index in [2.05, 4.69) is 5.32 Å². The minimum absolute atomic E-state index is 0.154. The van der Waals surface area contributed by atoms with Crippen molar-refractivity contribution >= 4 is 17.6 Å². The zero-order valence-corrected chi connectivity index (χ0v) is 12.0. The van der Waals surface area contributed by atoms with E-state index < -0.39 is 11.9 Å². The zero-order chi connectivity index (χ0) is 15.2. The van der Waals surface area contributed by atoms with Crippen molar-refractivity contribution in [2.24, 2.45) is 5.92 Å². The first-order valence-corrected chi connectivity index (χ1v) is 7.01. The summed E-state index contributed by atoms with van der Waals surface area (Å²) in [5.74, 6) is -1.60. The van der Waals surface area contributed by atoms with Gasteiger partial charge in [0.2, 0.25) is 5.91 Å². The molecule has 0 aliphatic carbocycles. The maximum absolute atomic E-state index is 12.1. The number of carboxylic acids is 1. The van der Waals surface area contributed by atoms with E-state index in [0.29, 0.717) is 13.2 Å². The molecule has 2 N–H and O–H groups in total. The molecule has 1 aromatic carbocycles. The lowest BCUT2D eigenvalue weighted by atomic mass is 10.0. The minimum Gasteiger partial charge on any atom is -0.481 e. The molecule has 0 spiro atoms. The average molecular weight is 292 g/mol. The minimum atomic E-state index is -0.876. The van der Waals surface area contributed by atoms with E-state index in [4.69, 9.17) is 4.74 Å². The van der Waals surface area contributed by atoms with Gasteiger partial charge in [-0.2, -0.15) is 0 Å². The van der Waals surface area contributed by atoms with Crippen molar-refractivity contribution in [2.75, 3.05) is 31.6 Å². The van der Waals surface area contributed by atoms with Crippen LogP contribution in [0.4, 0.5) is 5.69 Å². The van der Waals surface area contributed by atoms with E-state index >= 15 is 0 Å². The number of nitrogens with one attached hydrogen (secondary N) is 1. The summed E-state index contributed by atoms with van der Waals surface area (Å²) in [6.07, 6.45) is 0. The van der Waals surface area contributed by atoms with Crippen LogP contribution in [0, 0.1) is 5.92 Å². The molecule has 1 saturated heterocycles. The van der Waals surface area contributed by atoms with Crippen LogP contribution < -0.4 is 5.32 Å². The van der Waals surface area contributed by atoms with Crippen LogP contribution in [0.15, 0.2) is 30.3 Å². The summed E-state index contributed by atoms with van der Waals surface area (Å²) in [6, 6.07) is 8.94. The Morgan fingerprint density at radius 2 is 2.05 bits per heavy atom. The quantitative estimate of drug-likeness (QED) is 0.819. The first-order chi connectivity index (χ1) is 10.1. The maximum atomic E-state index is 12.1. The number of amides is 1. The van der Waals surface area contributed by atoms with Gasteiger partial charge in [0.05, 0.1) is 25.7 Å². The highest BCUT2D eigenvalue weighted by molar-refractivity contribution is 5.92. The number of hydrogen-bond acceptors (Lipinski definition) is 4. The molecule has 0 bridgehead atoms. The molecule has 2 unspecified atom stereocenters. The predicted octanol–water partition coefficient (Wildman–Crippen LogP) is 1.05. The molecular weight excluding hydrogens is 272 g/mol. The Morgan fingerprint density at radius 1 is 1.33 bits per heavy atom. The van der Waals surface area contributed by atoms with E-state index in [9.17, 15) is 14.7 Å². The molecule has 1 fully saturated rings. The Kier molecular flexibility index (Phi) is 5.30. The first-order valence-electron chi connectivity index (χ1n) is 7.01. The molecular formula is C15H20N2O4. The zero-order valence-electron chi connectivity index (χ0n) is 12.0. The standard InChI is InChI=1S/C15H20N2O4/c1-2-17(13-10-21-9-12(13)15(19)20)8-14(18)16-11-6-4-3-5-7-11/h3-7,12-13H,2,8-10H2,1H3,(H,16,18)(H,19,20). The number of aliphatic carboxylic acids is 1. The highest BCUT2D eigenvalue weighted by Crippen LogP contribution is 2.20. The van der Waals surface area contributed by atoms with Crippen LogP contribution in [-0.2, 0) is 14.3 Å². The molecule has 6 nitrogen and oxygen atoms in total. The van der Waals surface area contributed by atoms with Gasteiger partial charge in [0, 0.05) is 11.7 Å². The highest BCUT2D eigenvalue weighted by Gasteiger charge is 2.37. The molecule has 6 heteroatoms. The van der Waals surface area contributed by atoms with Crippen molar-refractivity contribution in [3.63, 3.8) is 0 Å². The van der Waals surface area contributed by atoms with Gasteiger partial charge in [0.15, 0.2) is 0 Å². The number of benzene rings is 1. The van der Waals surface area contributed by atoms with E-state index in [0.717, 1.165) is 5.69 Å². The smallest absolute Gasteiger partial charge is 0.310 e. The molecule has 0 saturated carbocycles. The third kappa shape index (κ3) is 4.03. The van der Waals surface area contributed by atoms with E-state index in [-0.39, 0.29) is 25.1 Å². The molecule has 114 valence electrons. The molecule has 1 heterocycles. The molecule has 2 atom stereocenters. The number of para-hydroxylation sites is 1. The Labute approximate surface area is 123 Å². The number of rotatable bonds is 6. The van der Waals surface area contributed by atoms with E-state index in [1.165, 1.54) is 0 Å². The van der Waals surface area contributed by atoms with Crippen molar-refractivity contribution in [3.05, 3.63) is 30.3 Å². The van der Waals surface area contributed by atoms with E-state index in [1.54, 1.807) is 0 Å². The van der Waals surface area contributed by atoms with Crippen molar-refractivity contribution in [2.45, 2.75) is 13.0 Å². The summed E-state index contributed by atoms with van der Waals surface area (Å²) in [5, 5.41) is 12.0. The number of carboxylic acid groups (broad SMARTS) is 1. The number of likely N-dealkylation sites (N-methyl/N-ethyl adjacent to an activating group) is 1. The Morgan fingerprint density at radius 3 is 2.67 bits per heavy atom. The van der Waals surface area contributed by atoms with Gasteiger partial charge in [0.1, 0.15) is 0 Å². The Bertz CT molecular complexity index is 492. The molecule has 0 aromatic heterocycles. The van der Waals surface area contributed by atoms with Crippen LogP contribution in [-0.4, -0.2) is 54.2 Å². The Hall–Kier alpha value is -1.92. The second kappa shape index (κ2) is 7.19. The molecule has 0 radical (unpaired) electrons. The third-order valence-corrected chi connectivity index (χ3v) is 3.65. The largest absolute Gasteiger partial charge is 0.481 e. The summed E-state index contributed by atoms with van der Waals surface area (Å²) < 4.78 is 5.26. The van der Waals surface area contributed by atoms with Gasteiger partial charge in [-0.3, -0.25) is 14.5 Å². The lowest BCUT2D eigenvalue weighted by Crippen LogP contribution is -2.46. The van der Waals surface area contributed by atoms with E-state index in [1.807, 2.05) is 42.2 Å².